The number of hydrogen-bond acceptors (Lipinski definition) is 6. The van der Waals surface area contributed by atoms with Gasteiger partial charge in [0.15, 0.2) is 0 Å². The maximum Gasteiger partial charge on any atom is 0.573 e. The topological polar surface area (TPSA) is 90.2 Å². The molecule has 3 aromatic rings. The molecular weight excluding hydrogens is 530 g/mol. The van der Waals surface area contributed by atoms with Crippen LogP contribution in [0.1, 0.15) is 24.0 Å². The minimum atomic E-state index is -4.87. The predicted octanol–water partition coefficient (Wildman–Crippen LogP) is 4.29. The Morgan fingerprint density at radius 1 is 0.921 bits per heavy atom. The number of ether oxygens (including phenoxy) is 1. The second kappa shape index (κ2) is 11.4. The molecule has 1 aromatic heterocycles. The van der Waals surface area contributed by atoms with Gasteiger partial charge in [-0.15, -0.1) is 13.2 Å². The van der Waals surface area contributed by atoms with Gasteiger partial charge in [0.2, 0.25) is 10.0 Å². The molecule has 1 aliphatic heterocycles. The molecule has 0 saturated carbocycles. The lowest BCUT2D eigenvalue weighted by Gasteiger charge is -2.26. The maximum atomic E-state index is 13.1. The number of pyridine rings is 1. The standard InChI is InChI=1S/C25H23F4N3O5S/c26-20-3-1-18(2-4-20)16-31-12-9-19(15-24(31)33)17-36-30-21-10-13-32(14-11-21)38(34,35)23-7-5-22(6-8-23)37-25(27,28)29/h1-9,12,15H,10-11,13-14,16-17H2. The van der Waals surface area contributed by atoms with E-state index in [1.165, 1.54) is 27.1 Å². The summed E-state index contributed by atoms with van der Waals surface area (Å²) in [6.07, 6.45) is -2.62. The van der Waals surface area contributed by atoms with E-state index in [1.54, 1.807) is 24.4 Å². The van der Waals surface area contributed by atoms with Crippen LogP contribution in [0.3, 0.4) is 0 Å². The summed E-state index contributed by atoms with van der Waals surface area (Å²) in [5.74, 6) is -0.859. The molecule has 0 spiro atoms. The number of aromatic nitrogens is 1. The summed E-state index contributed by atoms with van der Waals surface area (Å²) < 4.78 is 82.1. The molecule has 202 valence electrons. The molecule has 4 rings (SSSR count). The van der Waals surface area contributed by atoms with Crippen LogP contribution in [0.4, 0.5) is 17.6 Å². The van der Waals surface area contributed by atoms with Crippen LogP contribution in [0, 0.1) is 5.82 Å². The van der Waals surface area contributed by atoms with Crippen molar-refractivity contribution in [3.8, 4) is 5.75 Å². The first-order valence-corrected chi connectivity index (χ1v) is 12.9. The van der Waals surface area contributed by atoms with Crippen molar-refractivity contribution in [1.82, 2.24) is 8.87 Å². The zero-order valence-electron chi connectivity index (χ0n) is 19.9. The molecule has 2 heterocycles. The van der Waals surface area contributed by atoms with Gasteiger partial charge in [0.1, 0.15) is 18.2 Å². The second-order valence-corrected chi connectivity index (χ2v) is 10.4. The van der Waals surface area contributed by atoms with Crippen molar-refractivity contribution in [3.63, 3.8) is 0 Å². The Hall–Kier alpha value is -3.71. The van der Waals surface area contributed by atoms with Gasteiger partial charge < -0.3 is 14.1 Å². The molecule has 0 amide bonds. The summed E-state index contributed by atoms with van der Waals surface area (Å²) in [5, 5.41) is 4.07. The van der Waals surface area contributed by atoms with Crippen LogP contribution in [-0.2, 0) is 28.0 Å². The Bertz CT molecular complexity index is 1440. The van der Waals surface area contributed by atoms with Gasteiger partial charge in [0, 0.05) is 38.2 Å². The third-order valence-electron chi connectivity index (χ3n) is 5.75. The molecule has 1 fully saturated rings. The molecule has 38 heavy (non-hydrogen) atoms. The van der Waals surface area contributed by atoms with E-state index in [4.69, 9.17) is 4.84 Å². The van der Waals surface area contributed by atoms with Crippen molar-refractivity contribution in [1.29, 1.82) is 0 Å². The molecule has 8 nitrogen and oxygen atoms in total. The summed E-state index contributed by atoms with van der Waals surface area (Å²) in [7, 11) is -3.90. The van der Waals surface area contributed by atoms with E-state index in [0.29, 0.717) is 30.7 Å². The fourth-order valence-electron chi connectivity index (χ4n) is 3.79. The van der Waals surface area contributed by atoms with E-state index in [1.807, 2.05) is 0 Å². The summed E-state index contributed by atoms with van der Waals surface area (Å²) in [6, 6.07) is 13.0. The highest BCUT2D eigenvalue weighted by Crippen LogP contribution is 2.26. The number of halogens is 4. The van der Waals surface area contributed by atoms with Crippen molar-refractivity contribution < 1.29 is 35.6 Å². The lowest BCUT2D eigenvalue weighted by molar-refractivity contribution is -0.274. The summed E-state index contributed by atoms with van der Waals surface area (Å²) in [4.78, 5) is 17.6. The Morgan fingerprint density at radius 3 is 2.18 bits per heavy atom. The Balaban J connectivity index is 1.28. The van der Waals surface area contributed by atoms with E-state index in [-0.39, 0.29) is 36.0 Å². The Morgan fingerprint density at radius 2 is 1.58 bits per heavy atom. The smallest absolute Gasteiger partial charge is 0.406 e. The van der Waals surface area contributed by atoms with E-state index >= 15 is 0 Å². The first-order chi connectivity index (χ1) is 18.0. The molecule has 13 heteroatoms. The lowest BCUT2D eigenvalue weighted by atomic mass is 10.1. The highest BCUT2D eigenvalue weighted by atomic mass is 32.2. The quantitative estimate of drug-likeness (QED) is 0.307. The third-order valence-corrected chi connectivity index (χ3v) is 7.66. The average molecular weight is 554 g/mol. The molecule has 0 bridgehead atoms. The molecule has 0 radical (unpaired) electrons. The first-order valence-electron chi connectivity index (χ1n) is 11.5. The first kappa shape index (κ1) is 27.3. The molecule has 0 N–H and O–H groups in total. The van der Waals surface area contributed by atoms with Crippen LogP contribution in [0.2, 0.25) is 0 Å². The molecule has 2 aromatic carbocycles. The van der Waals surface area contributed by atoms with Gasteiger partial charge in [0.25, 0.3) is 5.56 Å². The van der Waals surface area contributed by atoms with E-state index in [9.17, 15) is 30.8 Å². The normalized spacial score (nSPS) is 14.8. The minimum absolute atomic E-state index is 0.0461. The fourth-order valence-corrected chi connectivity index (χ4v) is 5.23. The number of piperidine rings is 1. The SMILES string of the molecule is O=c1cc(CON=C2CCN(S(=O)(=O)c3ccc(OC(F)(F)F)cc3)CC2)ccn1Cc1ccc(F)cc1. The van der Waals surface area contributed by atoms with Crippen molar-refractivity contribution in [2.45, 2.75) is 37.3 Å². The fraction of sp³-hybridized carbons (Fsp3) is 0.280. The van der Waals surface area contributed by atoms with Gasteiger partial charge in [-0.05, 0) is 53.6 Å². The number of rotatable bonds is 8. The van der Waals surface area contributed by atoms with Crippen LogP contribution < -0.4 is 10.3 Å². The molecule has 1 aliphatic rings. The van der Waals surface area contributed by atoms with Gasteiger partial charge in [-0.3, -0.25) is 4.79 Å². The third kappa shape index (κ3) is 7.19. The van der Waals surface area contributed by atoms with Gasteiger partial charge in [0.05, 0.1) is 17.2 Å². The van der Waals surface area contributed by atoms with Crippen molar-refractivity contribution in [3.05, 3.63) is 94.2 Å². The van der Waals surface area contributed by atoms with Gasteiger partial charge in [-0.25, -0.2) is 12.8 Å². The van der Waals surface area contributed by atoms with Crippen LogP contribution in [-0.4, -0.2) is 42.5 Å². The number of benzene rings is 2. The molecule has 0 atom stereocenters. The number of nitrogens with zero attached hydrogens (tertiary/aromatic N) is 3. The highest BCUT2D eigenvalue weighted by molar-refractivity contribution is 7.89. The van der Waals surface area contributed by atoms with E-state index < -0.39 is 22.1 Å². The zero-order chi connectivity index (χ0) is 27.3. The molecule has 0 aliphatic carbocycles. The van der Waals surface area contributed by atoms with Crippen LogP contribution in [0.15, 0.2) is 81.7 Å². The molecule has 1 saturated heterocycles. The summed E-state index contributed by atoms with van der Waals surface area (Å²) in [6.45, 7) is 0.605. The van der Waals surface area contributed by atoms with E-state index in [2.05, 4.69) is 9.89 Å². The molecular formula is C25H23F4N3O5S. The maximum absolute atomic E-state index is 13.1. The zero-order valence-corrected chi connectivity index (χ0v) is 20.7. The molecule has 0 unspecified atom stereocenters. The average Bonchev–Trinajstić information content (AvgIpc) is 2.87. The van der Waals surface area contributed by atoms with Crippen molar-refractivity contribution in [2.24, 2.45) is 5.16 Å². The van der Waals surface area contributed by atoms with Crippen molar-refractivity contribution >= 4 is 15.7 Å². The van der Waals surface area contributed by atoms with Crippen LogP contribution >= 0.6 is 0 Å². The largest absolute Gasteiger partial charge is 0.573 e. The van der Waals surface area contributed by atoms with Gasteiger partial charge in [-0.2, -0.15) is 4.31 Å². The van der Waals surface area contributed by atoms with Crippen LogP contribution in [0.5, 0.6) is 5.75 Å². The van der Waals surface area contributed by atoms with Gasteiger partial charge >= 0.3 is 6.36 Å². The number of oxime groups is 1. The number of alkyl halides is 3. The second-order valence-electron chi connectivity index (χ2n) is 8.48. The minimum Gasteiger partial charge on any atom is -0.406 e. The highest BCUT2D eigenvalue weighted by Gasteiger charge is 2.32. The number of hydrogen-bond donors (Lipinski definition) is 0. The van der Waals surface area contributed by atoms with Gasteiger partial charge in [-0.1, -0.05) is 17.3 Å². The Kier molecular flexibility index (Phi) is 8.17. The predicted molar refractivity (Wildman–Crippen MR) is 130 cm³/mol. The van der Waals surface area contributed by atoms with Crippen LogP contribution in [0.25, 0.3) is 0 Å². The summed E-state index contributed by atoms with van der Waals surface area (Å²) >= 11 is 0. The van der Waals surface area contributed by atoms with Crippen molar-refractivity contribution in [2.75, 3.05) is 13.1 Å². The van der Waals surface area contributed by atoms with E-state index in [0.717, 1.165) is 29.8 Å². The summed E-state index contributed by atoms with van der Waals surface area (Å²) in [5.41, 5.74) is 1.78. The monoisotopic (exact) mass is 553 g/mol. The number of sulfonamides is 1. The Labute approximate surface area is 215 Å². The lowest BCUT2D eigenvalue weighted by Crippen LogP contribution is -2.38.